The normalized spacial score (nSPS) is 10.7. The van der Waals surface area contributed by atoms with Crippen molar-refractivity contribution in [3.05, 3.63) is 34.9 Å². The number of methoxy groups -OCH3 is 1. The number of aliphatic hydroxyl groups is 1. The maximum Gasteiger partial charge on any atom is 0.253 e. The van der Waals surface area contributed by atoms with Crippen LogP contribution in [0.5, 0.6) is 0 Å². The lowest BCUT2D eigenvalue weighted by molar-refractivity contribution is 0.0819. The van der Waals surface area contributed by atoms with Gasteiger partial charge in [0.15, 0.2) is 0 Å². The van der Waals surface area contributed by atoms with Crippen LogP contribution in [0, 0.1) is 18.8 Å². The standard InChI is InChI=1S/C16H21NO3/c1-12-7-8-13(6-5-9-18)14(10-12)15(19)17-16(2,3)11-20-4/h7-8,10,18H,9,11H2,1-4H3,(H,17,19). The van der Waals surface area contributed by atoms with Crippen LogP contribution in [0.4, 0.5) is 0 Å². The van der Waals surface area contributed by atoms with E-state index in [4.69, 9.17) is 9.84 Å². The third-order valence-corrected chi connectivity index (χ3v) is 2.68. The summed E-state index contributed by atoms with van der Waals surface area (Å²) in [5.74, 6) is 5.17. The lowest BCUT2D eigenvalue weighted by Crippen LogP contribution is -2.47. The maximum absolute atomic E-state index is 12.4. The topological polar surface area (TPSA) is 58.6 Å². The summed E-state index contributed by atoms with van der Waals surface area (Å²) in [6.45, 7) is 5.89. The van der Waals surface area contributed by atoms with Crippen LogP contribution in [-0.4, -0.2) is 36.9 Å². The van der Waals surface area contributed by atoms with Gasteiger partial charge in [-0.25, -0.2) is 0 Å². The number of carbonyl (C=O) groups is 1. The predicted molar refractivity (Wildman–Crippen MR) is 78.6 cm³/mol. The van der Waals surface area contributed by atoms with Gasteiger partial charge in [-0.2, -0.15) is 0 Å². The smallest absolute Gasteiger partial charge is 0.253 e. The second-order valence-electron chi connectivity index (χ2n) is 5.28. The minimum atomic E-state index is -0.461. The Kier molecular flexibility index (Phi) is 5.75. The minimum Gasteiger partial charge on any atom is -0.384 e. The number of rotatable bonds is 4. The van der Waals surface area contributed by atoms with Crippen LogP contribution in [0.3, 0.4) is 0 Å². The van der Waals surface area contributed by atoms with Crippen molar-refractivity contribution in [1.82, 2.24) is 5.32 Å². The second kappa shape index (κ2) is 7.09. The molecule has 0 heterocycles. The van der Waals surface area contributed by atoms with Crippen LogP contribution in [-0.2, 0) is 4.74 Å². The molecule has 0 atom stereocenters. The summed E-state index contributed by atoms with van der Waals surface area (Å²) in [5, 5.41) is 11.7. The van der Waals surface area contributed by atoms with E-state index in [-0.39, 0.29) is 12.5 Å². The van der Waals surface area contributed by atoms with Gasteiger partial charge in [0.25, 0.3) is 5.91 Å². The molecule has 1 aromatic carbocycles. The second-order valence-corrected chi connectivity index (χ2v) is 5.28. The minimum absolute atomic E-state index is 0.196. The van der Waals surface area contributed by atoms with E-state index in [1.807, 2.05) is 26.8 Å². The SMILES string of the molecule is COCC(C)(C)NC(=O)c1cc(C)ccc1C#CCO. The number of ether oxygens (including phenoxy) is 1. The molecule has 0 aliphatic carbocycles. The molecule has 1 amide bonds. The van der Waals surface area contributed by atoms with Crippen LogP contribution in [0.15, 0.2) is 18.2 Å². The van der Waals surface area contributed by atoms with E-state index in [2.05, 4.69) is 17.2 Å². The van der Waals surface area contributed by atoms with Gasteiger partial charge in [-0.15, -0.1) is 0 Å². The predicted octanol–water partition coefficient (Wildman–Crippen LogP) is 1.49. The quantitative estimate of drug-likeness (QED) is 0.819. The molecule has 1 rings (SSSR count). The molecule has 108 valence electrons. The van der Waals surface area contributed by atoms with Crippen molar-refractivity contribution in [2.24, 2.45) is 0 Å². The number of hydrogen-bond donors (Lipinski definition) is 2. The average molecular weight is 275 g/mol. The first-order valence-corrected chi connectivity index (χ1v) is 6.41. The molecule has 20 heavy (non-hydrogen) atoms. The zero-order valence-electron chi connectivity index (χ0n) is 12.4. The summed E-state index contributed by atoms with van der Waals surface area (Å²) in [6.07, 6.45) is 0. The monoisotopic (exact) mass is 275 g/mol. The van der Waals surface area contributed by atoms with Gasteiger partial charge in [-0.1, -0.05) is 23.5 Å². The zero-order chi connectivity index (χ0) is 15.2. The molecule has 0 aliphatic rings. The Morgan fingerprint density at radius 2 is 2.15 bits per heavy atom. The number of aliphatic hydroxyl groups excluding tert-OH is 1. The Labute approximate surface area is 120 Å². The molecule has 4 nitrogen and oxygen atoms in total. The summed E-state index contributed by atoms with van der Waals surface area (Å²) < 4.78 is 5.09. The molecule has 2 N–H and O–H groups in total. The molecule has 0 unspecified atom stereocenters. The number of aryl methyl sites for hydroxylation is 1. The van der Waals surface area contributed by atoms with E-state index in [9.17, 15) is 4.79 Å². The molecular weight excluding hydrogens is 254 g/mol. The zero-order valence-corrected chi connectivity index (χ0v) is 12.4. The Hall–Kier alpha value is -1.83. The average Bonchev–Trinajstić information content (AvgIpc) is 2.36. The molecule has 0 saturated carbocycles. The highest BCUT2D eigenvalue weighted by Gasteiger charge is 2.22. The fraction of sp³-hybridized carbons (Fsp3) is 0.438. The molecule has 0 bridgehead atoms. The number of hydrogen-bond acceptors (Lipinski definition) is 3. The summed E-state index contributed by atoms with van der Waals surface area (Å²) >= 11 is 0. The Balaban J connectivity index is 3.05. The molecule has 0 fully saturated rings. The molecule has 0 aliphatic heterocycles. The summed E-state index contributed by atoms with van der Waals surface area (Å²) in [4.78, 5) is 12.4. The van der Waals surface area contributed by atoms with Crippen LogP contribution in [0.2, 0.25) is 0 Å². The van der Waals surface area contributed by atoms with Gasteiger partial charge in [-0.05, 0) is 32.9 Å². The van der Waals surface area contributed by atoms with Crippen LogP contribution in [0.25, 0.3) is 0 Å². The van der Waals surface area contributed by atoms with Crippen molar-refractivity contribution in [1.29, 1.82) is 0 Å². The Bertz CT molecular complexity index is 538. The Morgan fingerprint density at radius 1 is 1.45 bits per heavy atom. The van der Waals surface area contributed by atoms with Gasteiger partial charge in [0.05, 0.1) is 17.7 Å². The van der Waals surface area contributed by atoms with Gasteiger partial charge < -0.3 is 15.2 Å². The molecule has 0 spiro atoms. The van der Waals surface area contributed by atoms with E-state index in [1.54, 1.807) is 19.2 Å². The number of nitrogens with one attached hydrogen (secondary N) is 1. The van der Waals surface area contributed by atoms with Gasteiger partial charge in [0, 0.05) is 12.7 Å². The lowest BCUT2D eigenvalue weighted by Gasteiger charge is -2.25. The molecule has 1 aromatic rings. The highest BCUT2D eigenvalue weighted by Crippen LogP contribution is 2.13. The van der Waals surface area contributed by atoms with Gasteiger partial charge in [0.1, 0.15) is 6.61 Å². The van der Waals surface area contributed by atoms with E-state index in [0.29, 0.717) is 17.7 Å². The number of benzene rings is 1. The third-order valence-electron chi connectivity index (χ3n) is 2.68. The van der Waals surface area contributed by atoms with E-state index < -0.39 is 5.54 Å². The highest BCUT2D eigenvalue weighted by atomic mass is 16.5. The first kappa shape index (κ1) is 16.2. The molecule has 0 aromatic heterocycles. The molecule has 0 radical (unpaired) electrons. The summed E-state index contributed by atoms with van der Waals surface area (Å²) in [5.41, 5.74) is 1.64. The third kappa shape index (κ3) is 4.69. The van der Waals surface area contributed by atoms with Gasteiger partial charge in [-0.3, -0.25) is 4.79 Å². The van der Waals surface area contributed by atoms with Gasteiger partial charge >= 0.3 is 0 Å². The van der Waals surface area contributed by atoms with E-state index in [0.717, 1.165) is 5.56 Å². The highest BCUT2D eigenvalue weighted by molar-refractivity contribution is 5.97. The van der Waals surface area contributed by atoms with Crippen molar-refractivity contribution in [3.63, 3.8) is 0 Å². The first-order chi connectivity index (χ1) is 9.39. The molecule has 0 saturated heterocycles. The largest absolute Gasteiger partial charge is 0.384 e. The van der Waals surface area contributed by atoms with Crippen LogP contribution >= 0.6 is 0 Å². The van der Waals surface area contributed by atoms with E-state index in [1.165, 1.54) is 0 Å². The molecular formula is C16H21NO3. The van der Waals surface area contributed by atoms with Crippen molar-refractivity contribution in [2.45, 2.75) is 26.3 Å². The fourth-order valence-corrected chi connectivity index (χ4v) is 1.86. The maximum atomic E-state index is 12.4. The lowest BCUT2D eigenvalue weighted by atomic mass is 10.0. The van der Waals surface area contributed by atoms with Crippen LogP contribution in [0.1, 0.15) is 35.3 Å². The summed E-state index contributed by atoms with van der Waals surface area (Å²) in [6, 6.07) is 5.47. The van der Waals surface area contributed by atoms with Crippen molar-refractivity contribution < 1.29 is 14.6 Å². The number of amides is 1. The number of carbonyl (C=O) groups excluding carboxylic acids is 1. The fourth-order valence-electron chi connectivity index (χ4n) is 1.86. The van der Waals surface area contributed by atoms with Crippen molar-refractivity contribution >= 4 is 5.91 Å². The van der Waals surface area contributed by atoms with Crippen molar-refractivity contribution in [3.8, 4) is 11.8 Å². The van der Waals surface area contributed by atoms with Crippen molar-refractivity contribution in [2.75, 3.05) is 20.3 Å². The summed E-state index contributed by atoms with van der Waals surface area (Å²) in [7, 11) is 1.60. The van der Waals surface area contributed by atoms with Crippen LogP contribution < -0.4 is 5.32 Å². The Morgan fingerprint density at radius 3 is 2.75 bits per heavy atom. The van der Waals surface area contributed by atoms with E-state index >= 15 is 0 Å². The van der Waals surface area contributed by atoms with Gasteiger partial charge in [0.2, 0.25) is 0 Å². The first-order valence-electron chi connectivity index (χ1n) is 6.41. The molecule has 4 heteroatoms.